The van der Waals surface area contributed by atoms with Crippen LogP contribution in [0.2, 0.25) is 0 Å². The van der Waals surface area contributed by atoms with E-state index in [0.717, 1.165) is 25.9 Å². The number of ether oxygens (including phenoxy) is 1. The summed E-state index contributed by atoms with van der Waals surface area (Å²) in [5.74, 6) is 0.166. The minimum atomic E-state index is -1.33. The molecule has 6 nitrogen and oxygen atoms in total. The van der Waals surface area contributed by atoms with E-state index in [9.17, 15) is 4.79 Å². The fraction of sp³-hybridized carbons (Fsp3) is 0.750. The second-order valence-corrected chi connectivity index (χ2v) is 3.55. The summed E-state index contributed by atoms with van der Waals surface area (Å²) in [5.41, 5.74) is -0.323. The predicted octanol–water partition coefficient (Wildman–Crippen LogP) is 0.537. The minimum absolute atomic E-state index is 0.166. The first-order chi connectivity index (χ1) is 6.70. The first-order valence-corrected chi connectivity index (χ1v) is 4.57. The van der Waals surface area contributed by atoms with Crippen LogP contribution in [0.15, 0.2) is 5.16 Å². The number of piperidine rings is 1. The number of carbonyl (C=O) groups is 1. The number of rotatable bonds is 0. The molecule has 1 saturated heterocycles. The number of nitrogens with one attached hydrogen (secondary N) is 1. The van der Waals surface area contributed by atoms with E-state index in [1.807, 2.05) is 0 Å². The van der Waals surface area contributed by atoms with E-state index in [4.69, 9.17) is 9.94 Å². The molecular weight excluding hydrogens is 188 g/mol. The van der Waals surface area contributed by atoms with Crippen LogP contribution >= 0.6 is 0 Å². The zero-order chi connectivity index (χ0) is 10.0. The second kappa shape index (κ2) is 3.45. The zero-order valence-electron chi connectivity index (χ0n) is 7.65. The highest BCUT2D eigenvalue weighted by Gasteiger charge is 2.41. The van der Waals surface area contributed by atoms with Crippen molar-refractivity contribution in [3.05, 3.63) is 0 Å². The lowest BCUT2D eigenvalue weighted by molar-refractivity contribution is -0.0400. The smallest absolute Gasteiger partial charge is 0.449 e. The molecule has 0 atom stereocenters. The highest BCUT2D eigenvalue weighted by atomic mass is 16.7. The molecule has 0 aromatic carbocycles. The molecule has 0 unspecified atom stereocenters. The van der Waals surface area contributed by atoms with Gasteiger partial charge in [-0.3, -0.25) is 0 Å². The third kappa shape index (κ3) is 1.79. The third-order valence-electron chi connectivity index (χ3n) is 2.53. The SMILES string of the molecule is O=C(O)OC1=NOC2(CCNCC2)C1. The average molecular weight is 200 g/mol. The van der Waals surface area contributed by atoms with Gasteiger partial charge in [0.05, 0.1) is 6.42 Å². The van der Waals surface area contributed by atoms with Crippen LogP contribution in [0.3, 0.4) is 0 Å². The van der Waals surface area contributed by atoms with Gasteiger partial charge in [-0.1, -0.05) is 5.16 Å². The molecule has 2 rings (SSSR count). The minimum Gasteiger partial charge on any atom is -0.449 e. The van der Waals surface area contributed by atoms with E-state index < -0.39 is 6.16 Å². The summed E-state index contributed by atoms with van der Waals surface area (Å²) in [6.07, 6.45) is 0.797. The molecule has 2 heterocycles. The van der Waals surface area contributed by atoms with Crippen molar-refractivity contribution in [1.29, 1.82) is 0 Å². The zero-order valence-corrected chi connectivity index (χ0v) is 7.65. The molecule has 2 aliphatic heterocycles. The van der Waals surface area contributed by atoms with Crippen LogP contribution in [-0.4, -0.2) is 35.9 Å². The van der Waals surface area contributed by atoms with E-state index in [1.165, 1.54) is 0 Å². The van der Waals surface area contributed by atoms with Crippen LogP contribution in [0.5, 0.6) is 0 Å². The van der Waals surface area contributed by atoms with Crippen molar-refractivity contribution < 1.29 is 19.5 Å². The Bertz CT molecular complexity index is 271. The van der Waals surface area contributed by atoms with E-state index in [0.29, 0.717) is 6.42 Å². The third-order valence-corrected chi connectivity index (χ3v) is 2.53. The number of nitrogens with zero attached hydrogens (tertiary/aromatic N) is 1. The van der Waals surface area contributed by atoms with Gasteiger partial charge >= 0.3 is 6.16 Å². The van der Waals surface area contributed by atoms with Crippen LogP contribution < -0.4 is 5.32 Å². The van der Waals surface area contributed by atoms with Gasteiger partial charge in [0, 0.05) is 12.8 Å². The van der Waals surface area contributed by atoms with Crippen molar-refractivity contribution in [1.82, 2.24) is 5.32 Å². The highest BCUT2D eigenvalue weighted by Crippen LogP contribution is 2.32. The molecule has 0 aliphatic carbocycles. The summed E-state index contributed by atoms with van der Waals surface area (Å²) in [5, 5.41) is 15.2. The molecule has 0 bridgehead atoms. The fourth-order valence-corrected chi connectivity index (χ4v) is 1.79. The lowest BCUT2D eigenvalue weighted by Gasteiger charge is -2.30. The molecule has 1 spiro atoms. The first kappa shape index (κ1) is 9.26. The van der Waals surface area contributed by atoms with Gasteiger partial charge in [0.1, 0.15) is 5.60 Å². The Hall–Kier alpha value is -1.30. The molecule has 78 valence electrons. The second-order valence-electron chi connectivity index (χ2n) is 3.55. The molecular formula is C8H12N2O4. The van der Waals surface area contributed by atoms with Gasteiger partial charge in [-0.2, -0.15) is 0 Å². The quantitative estimate of drug-likeness (QED) is 0.558. The number of hydrogen-bond donors (Lipinski definition) is 2. The first-order valence-electron chi connectivity index (χ1n) is 4.57. The lowest BCUT2D eigenvalue weighted by Crippen LogP contribution is -2.42. The molecule has 2 aliphatic rings. The Morgan fingerprint density at radius 3 is 2.93 bits per heavy atom. The highest BCUT2D eigenvalue weighted by molar-refractivity contribution is 5.86. The maximum Gasteiger partial charge on any atom is 0.512 e. The number of hydrogen-bond acceptors (Lipinski definition) is 5. The lowest BCUT2D eigenvalue weighted by atomic mass is 9.89. The van der Waals surface area contributed by atoms with Crippen molar-refractivity contribution >= 4 is 12.1 Å². The maximum absolute atomic E-state index is 10.3. The van der Waals surface area contributed by atoms with Crippen molar-refractivity contribution in [3.8, 4) is 0 Å². The van der Waals surface area contributed by atoms with Gasteiger partial charge in [-0.15, -0.1) is 0 Å². The summed E-state index contributed by atoms with van der Waals surface area (Å²) < 4.78 is 4.46. The van der Waals surface area contributed by atoms with E-state index in [1.54, 1.807) is 0 Å². The van der Waals surface area contributed by atoms with Crippen molar-refractivity contribution in [3.63, 3.8) is 0 Å². The Morgan fingerprint density at radius 1 is 1.57 bits per heavy atom. The van der Waals surface area contributed by atoms with Crippen LogP contribution in [0.4, 0.5) is 4.79 Å². The summed E-state index contributed by atoms with van der Waals surface area (Å²) in [6, 6.07) is 0. The molecule has 14 heavy (non-hydrogen) atoms. The molecule has 0 aromatic rings. The van der Waals surface area contributed by atoms with Gasteiger partial charge in [-0.05, 0) is 13.1 Å². The number of carboxylic acid groups (broad SMARTS) is 1. The topological polar surface area (TPSA) is 80.2 Å². The molecule has 1 fully saturated rings. The Labute approximate surface area is 80.9 Å². The van der Waals surface area contributed by atoms with Crippen LogP contribution in [-0.2, 0) is 9.57 Å². The summed E-state index contributed by atoms with van der Waals surface area (Å²) in [4.78, 5) is 15.5. The monoisotopic (exact) mass is 200 g/mol. The van der Waals surface area contributed by atoms with Gasteiger partial charge in [0.15, 0.2) is 0 Å². The Balaban J connectivity index is 1.93. The van der Waals surface area contributed by atoms with E-state index in [-0.39, 0.29) is 11.5 Å². The summed E-state index contributed by atoms with van der Waals surface area (Å²) in [6.45, 7) is 1.74. The molecule has 0 aromatic heterocycles. The van der Waals surface area contributed by atoms with Gasteiger partial charge < -0.3 is 20.0 Å². The van der Waals surface area contributed by atoms with Crippen molar-refractivity contribution in [2.45, 2.75) is 24.9 Å². The van der Waals surface area contributed by atoms with Gasteiger partial charge in [0.25, 0.3) is 0 Å². The molecule has 6 heteroatoms. The average Bonchev–Trinajstić information content (AvgIpc) is 2.49. The fourth-order valence-electron chi connectivity index (χ4n) is 1.79. The van der Waals surface area contributed by atoms with Gasteiger partial charge in [0.2, 0.25) is 5.90 Å². The maximum atomic E-state index is 10.3. The summed E-state index contributed by atoms with van der Waals surface area (Å²) in [7, 11) is 0. The van der Waals surface area contributed by atoms with Crippen LogP contribution in [0.1, 0.15) is 19.3 Å². The normalized spacial score (nSPS) is 24.1. The summed E-state index contributed by atoms with van der Waals surface area (Å²) >= 11 is 0. The Morgan fingerprint density at radius 2 is 2.29 bits per heavy atom. The number of oxime groups is 1. The largest absolute Gasteiger partial charge is 0.512 e. The van der Waals surface area contributed by atoms with Gasteiger partial charge in [-0.25, -0.2) is 4.79 Å². The van der Waals surface area contributed by atoms with Crippen molar-refractivity contribution in [2.75, 3.05) is 13.1 Å². The van der Waals surface area contributed by atoms with Crippen LogP contribution in [0, 0.1) is 0 Å². The van der Waals surface area contributed by atoms with E-state index in [2.05, 4.69) is 15.2 Å². The van der Waals surface area contributed by atoms with Crippen molar-refractivity contribution in [2.24, 2.45) is 5.16 Å². The molecule has 0 radical (unpaired) electrons. The van der Waals surface area contributed by atoms with E-state index >= 15 is 0 Å². The standard InChI is InChI=1S/C8H12N2O4/c11-7(12)13-6-5-8(14-10-6)1-3-9-4-2-8/h9H,1-5H2,(H,11,12). The Kier molecular flexibility index (Phi) is 2.28. The molecule has 0 saturated carbocycles. The van der Waals surface area contributed by atoms with Crippen LogP contribution in [0.25, 0.3) is 0 Å². The molecule has 0 amide bonds. The predicted molar refractivity (Wildman–Crippen MR) is 47.1 cm³/mol. The molecule has 2 N–H and O–H groups in total.